The van der Waals surface area contributed by atoms with Gasteiger partial charge >= 0.3 is 5.97 Å². The van der Waals surface area contributed by atoms with E-state index >= 15 is 0 Å². The van der Waals surface area contributed by atoms with Gasteiger partial charge in [0.1, 0.15) is 17.2 Å². The smallest absolute Gasteiger partial charge is 0.339 e. The van der Waals surface area contributed by atoms with E-state index in [0.29, 0.717) is 6.54 Å². The molecule has 1 heterocycles. The van der Waals surface area contributed by atoms with Gasteiger partial charge in [0.2, 0.25) is 0 Å². The molecule has 0 aliphatic carbocycles. The third-order valence-electron chi connectivity index (χ3n) is 2.40. The maximum Gasteiger partial charge on any atom is 0.339 e. The third kappa shape index (κ3) is 4.91. The van der Waals surface area contributed by atoms with E-state index < -0.39 is 11.8 Å². The number of unbranched alkanes of at least 4 members (excludes halogenated alkanes) is 2. The van der Waals surface area contributed by atoms with Gasteiger partial charge < -0.3 is 10.4 Å². The molecule has 18 heavy (non-hydrogen) atoms. The molecule has 0 radical (unpaired) electrons. The lowest BCUT2D eigenvalue weighted by atomic mass is 10.2. The molecule has 4 nitrogen and oxygen atoms in total. The Morgan fingerprint density at radius 3 is 2.94 bits per heavy atom. The molecule has 0 spiro atoms. The zero-order chi connectivity index (χ0) is 13.4. The van der Waals surface area contributed by atoms with Gasteiger partial charge in [-0.2, -0.15) is 11.8 Å². The van der Waals surface area contributed by atoms with E-state index in [2.05, 4.69) is 16.6 Å². The number of halogens is 1. The first-order chi connectivity index (χ1) is 8.65. The number of carbonyl (C=O) groups is 1. The number of carboxylic acid groups (broad SMARTS) is 1. The van der Waals surface area contributed by atoms with Crippen molar-refractivity contribution >= 4 is 23.5 Å². The van der Waals surface area contributed by atoms with Gasteiger partial charge in [-0.15, -0.1) is 0 Å². The summed E-state index contributed by atoms with van der Waals surface area (Å²) < 4.78 is 12.9. The van der Waals surface area contributed by atoms with Gasteiger partial charge in [0.25, 0.3) is 0 Å². The Bertz CT molecular complexity index is 402. The topological polar surface area (TPSA) is 62.2 Å². The first-order valence-electron chi connectivity index (χ1n) is 5.77. The Kier molecular flexibility index (Phi) is 6.49. The Morgan fingerprint density at radius 2 is 2.28 bits per heavy atom. The maximum absolute atomic E-state index is 12.9. The molecule has 0 aliphatic rings. The molecule has 0 aromatic carbocycles. The van der Waals surface area contributed by atoms with Crippen LogP contribution in [0.1, 0.15) is 29.6 Å². The summed E-state index contributed by atoms with van der Waals surface area (Å²) in [6, 6.07) is 0.978. The first kappa shape index (κ1) is 14.8. The Hall–Kier alpha value is -1.30. The number of rotatable bonds is 8. The molecule has 0 atom stereocenters. The van der Waals surface area contributed by atoms with E-state index in [0.717, 1.165) is 37.3 Å². The average molecular weight is 272 g/mol. The molecule has 0 amide bonds. The average Bonchev–Trinajstić information content (AvgIpc) is 2.35. The van der Waals surface area contributed by atoms with E-state index in [9.17, 15) is 9.18 Å². The molecular formula is C12H17FN2O2S. The van der Waals surface area contributed by atoms with Crippen LogP contribution in [-0.2, 0) is 0 Å². The molecule has 6 heteroatoms. The van der Waals surface area contributed by atoms with E-state index in [-0.39, 0.29) is 11.4 Å². The van der Waals surface area contributed by atoms with Crippen LogP contribution in [0, 0.1) is 5.82 Å². The standard InChI is InChI=1S/C12H17FN2O2S/c1-18-6-4-2-3-5-14-11-10(12(16)17)7-9(13)8-15-11/h7-8H,2-6H2,1H3,(H,14,15)(H,16,17). The van der Waals surface area contributed by atoms with Crippen LogP contribution in [0.25, 0.3) is 0 Å². The monoisotopic (exact) mass is 272 g/mol. The minimum atomic E-state index is -1.17. The molecule has 0 aliphatic heterocycles. The predicted molar refractivity (Wildman–Crippen MR) is 71.9 cm³/mol. The summed E-state index contributed by atoms with van der Waals surface area (Å²) in [7, 11) is 0. The van der Waals surface area contributed by atoms with Crippen LogP contribution in [0.15, 0.2) is 12.3 Å². The van der Waals surface area contributed by atoms with Gasteiger partial charge in [-0.25, -0.2) is 14.2 Å². The lowest BCUT2D eigenvalue weighted by molar-refractivity contribution is 0.0697. The van der Waals surface area contributed by atoms with E-state index in [1.807, 2.05) is 11.8 Å². The van der Waals surface area contributed by atoms with Crippen LogP contribution in [0.2, 0.25) is 0 Å². The van der Waals surface area contributed by atoms with Gasteiger partial charge in [0.15, 0.2) is 0 Å². The molecule has 0 saturated heterocycles. The molecule has 100 valence electrons. The van der Waals surface area contributed by atoms with Crippen LogP contribution < -0.4 is 5.32 Å². The fraction of sp³-hybridized carbons (Fsp3) is 0.500. The number of aromatic carboxylic acids is 1. The number of pyridine rings is 1. The summed E-state index contributed by atoms with van der Waals surface area (Å²) >= 11 is 1.81. The van der Waals surface area contributed by atoms with Crippen molar-refractivity contribution in [3.05, 3.63) is 23.6 Å². The van der Waals surface area contributed by atoms with Crippen molar-refractivity contribution in [2.24, 2.45) is 0 Å². The molecule has 1 aromatic rings. The largest absolute Gasteiger partial charge is 0.478 e. The van der Waals surface area contributed by atoms with E-state index in [1.54, 1.807) is 0 Å². The van der Waals surface area contributed by atoms with Crippen LogP contribution in [0.5, 0.6) is 0 Å². The van der Waals surface area contributed by atoms with Crippen LogP contribution in [0.4, 0.5) is 10.2 Å². The number of hydrogen-bond acceptors (Lipinski definition) is 4. The predicted octanol–water partition coefficient (Wildman–Crippen LogP) is 2.86. The molecule has 0 fully saturated rings. The van der Waals surface area contributed by atoms with Crippen molar-refractivity contribution in [2.45, 2.75) is 19.3 Å². The summed E-state index contributed by atoms with van der Waals surface area (Å²) in [4.78, 5) is 14.7. The third-order valence-corrected chi connectivity index (χ3v) is 3.10. The number of nitrogens with zero attached hydrogens (tertiary/aromatic N) is 1. The Balaban J connectivity index is 2.44. The highest BCUT2D eigenvalue weighted by Gasteiger charge is 2.12. The van der Waals surface area contributed by atoms with Crippen molar-refractivity contribution in [3.8, 4) is 0 Å². The first-order valence-corrected chi connectivity index (χ1v) is 7.16. The quantitative estimate of drug-likeness (QED) is 0.712. The fourth-order valence-corrected chi connectivity index (χ4v) is 1.99. The second-order valence-corrected chi connectivity index (χ2v) is 4.82. The number of anilines is 1. The number of carboxylic acids is 1. The van der Waals surface area contributed by atoms with Crippen LogP contribution in [-0.4, -0.2) is 34.6 Å². The van der Waals surface area contributed by atoms with Gasteiger partial charge in [-0.1, -0.05) is 6.42 Å². The van der Waals surface area contributed by atoms with Gasteiger partial charge in [-0.3, -0.25) is 0 Å². The number of thioether (sulfide) groups is 1. The van der Waals surface area contributed by atoms with E-state index in [4.69, 9.17) is 5.11 Å². The number of nitrogens with one attached hydrogen (secondary N) is 1. The Labute approximate surface area is 110 Å². The highest BCUT2D eigenvalue weighted by atomic mass is 32.2. The fourth-order valence-electron chi connectivity index (χ4n) is 1.50. The minimum Gasteiger partial charge on any atom is -0.478 e. The summed E-state index contributed by atoms with van der Waals surface area (Å²) in [5.74, 6) is -0.451. The summed E-state index contributed by atoms with van der Waals surface area (Å²) in [6.07, 6.45) is 6.25. The molecule has 0 bridgehead atoms. The Morgan fingerprint density at radius 1 is 1.50 bits per heavy atom. The molecule has 1 aromatic heterocycles. The zero-order valence-corrected chi connectivity index (χ0v) is 11.1. The van der Waals surface area contributed by atoms with E-state index in [1.165, 1.54) is 0 Å². The second kappa shape index (κ2) is 7.92. The van der Waals surface area contributed by atoms with Crippen LogP contribution >= 0.6 is 11.8 Å². The summed E-state index contributed by atoms with van der Waals surface area (Å²) in [6.45, 7) is 0.646. The molecular weight excluding hydrogens is 255 g/mol. The normalized spacial score (nSPS) is 10.3. The maximum atomic E-state index is 12.9. The SMILES string of the molecule is CSCCCCCNc1ncc(F)cc1C(=O)O. The molecule has 2 N–H and O–H groups in total. The van der Waals surface area contributed by atoms with Crippen molar-refractivity contribution in [1.29, 1.82) is 0 Å². The van der Waals surface area contributed by atoms with Crippen molar-refractivity contribution in [3.63, 3.8) is 0 Å². The number of aromatic nitrogens is 1. The number of hydrogen-bond donors (Lipinski definition) is 2. The molecule has 0 saturated carbocycles. The lowest BCUT2D eigenvalue weighted by Crippen LogP contribution is -2.10. The molecule has 0 unspecified atom stereocenters. The highest BCUT2D eigenvalue weighted by molar-refractivity contribution is 7.98. The van der Waals surface area contributed by atoms with Crippen molar-refractivity contribution in [1.82, 2.24) is 4.98 Å². The lowest BCUT2D eigenvalue weighted by Gasteiger charge is -2.08. The van der Waals surface area contributed by atoms with Gasteiger partial charge in [0.05, 0.1) is 6.20 Å². The van der Waals surface area contributed by atoms with Crippen LogP contribution in [0.3, 0.4) is 0 Å². The minimum absolute atomic E-state index is 0.126. The summed E-state index contributed by atoms with van der Waals surface area (Å²) in [5, 5.41) is 11.8. The van der Waals surface area contributed by atoms with Crippen molar-refractivity contribution < 1.29 is 14.3 Å². The van der Waals surface area contributed by atoms with Gasteiger partial charge in [0, 0.05) is 6.54 Å². The highest BCUT2D eigenvalue weighted by Crippen LogP contribution is 2.14. The zero-order valence-electron chi connectivity index (χ0n) is 10.3. The summed E-state index contributed by atoms with van der Waals surface area (Å²) in [5.41, 5.74) is -0.126. The second-order valence-electron chi connectivity index (χ2n) is 3.84. The van der Waals surface area contributed by atoms with Crippen molar-refractivity contribution in [2.75, 3.05) is 23.9 Å². The molecule has 1 rings (SSSR count). The van der Waals surface area contributed by atoms with Gasteiger partial charge in [-0.05, 0) is 30.9 Å².